The molecule has 2 heterocycles. The second-order valence-corrected chi connectivity index (χ2v) is 7.84. The normalized spacial score (nSPS) is 11.4. The van der Waals surface area contributed by atoms with Crippen molar-refractivity contribution < 1.29 is 22.0 Å². The third kappa shape index (κ3) is 3.69. The molecule has 0 spiro atoms. The van der Waals surface area contributed by atoms with Crippen LogP contribution >= 0.6 is 0 Å². The van der Waals surface area contributed by atoms with Crippen LogP contribution in [-0.4, -0.2) is 43.4 Å². The Kier molecular flexibility index (Phi) is 5.10. The summed E-state index contributed by atoms with van der Waals surface area (Å²) in [5, 5.41) is 9.34. The first kappa shape index (κ1) is 19.4. The second-order valence-electron chi connectivity index (χ2n) is 5.88. The predicted octanol–water partition coefficient (Wildman–Crippen LogP) is 2.30. The zero-order chi connectivity index (χ0) is 20.5. The largest absolute Gasteiger partial charge is 0.360 e. The van der Waals surface area contributed by atoms with Crippen LogP contribution in [-0.2, 0) is 14.6 Å². The summed E-state index contributed by atoms with van der Waals surface area (Å²) in [6, 6.07) is 4.72. The van der Waals surface area contributed by atoms with Gasteiger partial charge in [-0.15, -0.1) is 0 Å². The van der Waals surface area contributed by atoms with Gasteiger partial charge in [-0.05, 0) is 18.2 Å². The van der Waals surface area contributed by atoms with Crippen molar-refractivity contribution in [3.63, 3.8) is 0 Å². The highest BCUT2D eigenvalue weighted by Crippen LogP contribution is 2.28. The van der Waals surface area contributed by atoms with E-state index in [0.29, 0.717) is 11.8 Å². The Labute approximate surface area is 158 Å². The van der Waals surface area contributed by atoms with E-state index in [9.17, 15) is 22.0 Å². The van der Waals surface area contributed by atoms with Crippen LogP contribution in [0.5, 0.6) is 0 Å². The van der Waals surface area contributed by atoms with Crippen molar-refractivity contribution in [2.75, 3.05) is 23.0 Å². The van der Waals surface area contributed by atoms with Gasteiger partial charge in [0.15, 0.2) is 15.7 Å². The molecule has 1 aromatic carbocycles. The van der Waals surface area contributed by atoms with E-state index in [4.69, 9.17) is 5.41 Å². The fraction of sp³-hybridized carbons (Fsp3) is 0.118. The maximum absolute atomic E-state index is 14.1. The number of sulfone groups is 1. The van der Waals surface area contributed by atoms with E-state index < -0.39 is 38.0 Å². The summed E-state index contributed by atoms with van der Waals surface area (Å²) >= 11 is 0. The number of aromatic nitrogens is 2. The van der Waals surface area contributed by atoms with Gasteiger partial charge in [0.1, 0.15) is 17.4 Å². The molecule has 11 heteroatoms. The number of hydrogen-bond donors (Lipinski definition) is 3. The quantitative estimate of drug-likeness (QED) is 0.428. The first-order chi connectivity index (χ1) is 13.2. The van der Waals surface area contributed by atoms with Crippen LogP contribution in [0, 0.1) is 17.0 Å². The minimum absolute atomic E-state index is 0.0314. The lowest BCUT2D eigenvalue weighted by molar-refractivity contribution is -0.113. The number of aromatic amines is 1. The molecule has 3 aromatic rings. The Morgan fingerprint density at radius 1 is 1.39 bits per heavy atom. The minimum Gasteiger partial charge on any atom is -0.360 e. The Morgan fingerprint density at radius 2 is 2.14 bits per heavy atom. The average molecular weight is 407 g/mol. The van der Waals surface area contributed by atoms with Crippen LogP contribution in [0.1, 0.15) is 0 Å². The number of nitrogens with zero attached hydrogens (tertiary/aromatic N) is 2. The Hall–Kier alpha value is -3.34. The Bertz CT molecular complexity index is 1180. The maximum Gasteiger partial charge on any atom is 0.241 e. The summed E-state index contributed by atoms with van der Waals surface area (Å²) in [6.45, 7) is 0. The van der Waals surface area contributed by atoms with Crippen molar-refractivity contribution in [2.45, 2.75) is 4.90 Å². The van der Waals surface area contributed by atoms with Gasteiger partial charge in [-0.1, -0.05) is 0 Å². The van der Waals surface area contributed by atoms with Gasteiger partial charge in [0.05, 0.1) is 27.8 Å². The highest BCUT2D eigenvalue weighted by molar-refractivity contribution is 7.92. The monoisotopic (exact) mass is 407 g/mol. The van der Waals surface area contributed by atoms with E-state index in [1.54, 1.807) is 19.2 Å². The van der Waals surface area contributed by atoms with Crippen molar-refractivity contribution in [1.29, 1.82) is 5.41 Å². The molecule has 0 bridgehead atoms. The topological polar surface area (TPSA) is 119 Å². The summed E-state index contributed by atoms with van der Waals surface area (Å²) in [7, 11) is -2.67. The number of anilines is 2. The molecule has 2 aromatic heterocycles. The number of fused-ring (bicyclic) bond motifs is 1. The zero-order valence-electron chi connectivity index (χ0n) is 14.5. The van der Waals surface area contributed by atoms with E-state index in [0.717, 1.165) is 18.6 Å². The molecule has 0 atom stereocenters. The Balaban J connectivity index is 1.88. The lowest BCUT2D eigenvalue weighted by Crippen LogP contribution is -2.25. The molecule has 0 saturated carbocycles. The first-order valence-electron chi connectivity index (χ1n) is 7.90. The first-order valence-corrected chi connectivity index (χ1v) is 9.55. The minimum atomic E-state index is -4.23. The van der Waals surface area contributed by atoms with Crippen LogP contribution in [0.15, 0.2) is 41.6 Å². The molecule has 3 N–H and O–H groups in total. The molecule has 0 aliphatic heterocycles. The van der Waals surface area contributed by atoms with Gasteiger partial charge in [-0.2, -0.15) is 0 Å². The highest BCUT2D eigenvalue weighted by Gasteiger charge is 2.26. The van der Waals surface area contributed by atoms with Crippen LogP contribution in [0.4, 0.5) is 20.3 Å². The number of hydrogen-bond acceptors (Lipinski definition) is 5. The summed E-state index contributed by atoms with van der Waals surface area (Å²) in [5.74, 6) is -3.70. The van der Waals surface area contributed by atoms with Crippen molar-refractivity contribution in [3.8, 4) is 0 Å². The van der Waals surface area contributed by atoms with Gasteiger partial charge in [-0.3, -0.25) is 10.2 Å². The molecule has 1 amide bonds. The van der Waals surface area contributed by atoms with Crippen molar-refractivity contribution >= 4 is 44.5 Å². The molecular weight excluding hydrogens is 392 g/mol. The van der Waals surface area contributed by atoms with Gasteiger partial charge in [0, 0.05) is 25.5 Å². The number of rotatable bonds is 6. The molecule has 0 aliphatic carbocycles. The number of halogens is 2. The molecule has 0 fully saturated rings. The lowest BCUT2D eigenvalue weighted by atomic mass is 10.2. The second kappa shape index (κ2) is 7.35. The molecule has 0 unspecified atom stereocenters. The standard InChI is InChI=1S/C17H15F2N5O3S/c1-24(9-20)13-3-2-4-21-17(13)23-15(25)8-28(26,27)14-7-22-12-6-10(18)5-11(19)16(12)14/h2-7,9,20,22H,8H2,1H3,(H,21,23,25). The fourth-order valence-electron chi connectivity index (χ4n) is 2.66. The zero-order valence-corrected chi connectivity index (χ0v) is 15.3. The Morgan fingerprint density at radius 3 is 2.86 bits per heavy atom. The number of carbonyl (C=O) groups excluding carboxylic acids is 1. The van der Waals surface area contributed by atoms with Crippen molar-refractivity contribution in [1.82, 2.24) is 9.97 Å². The summed E-state index contributed by atoms with van der Waals surface area (Å²) in [4.78, 5) is 19.7. The van der Waals surface area contributed by atoms with Crippen LogP contribution in [0.3, 0.4) is 0 Å². The highest BCUT2D eigenvalue weighted by atomic mass is 32.2. The number of H-pyrrole nitrogens is 1. The molecule has 8 nitrogen and oxygen atoms in total. The maximum atomic E-state index is 14.1. The lowest BCUT2D eigenvalue weighted by Gasteiger charge is -2.16. The molecule has 0 aliphatic rings. The van der Waals surface area contributed by atoms with E-state index in [2.05, 4.69) is 15.3 Å². The van der Waals surface area contributed by atoms with Gasteiger partial charge < -0.3 is 15.2 Å². The van der Waals surface area contributed by atoms with Crippen LogP contribution in [0.25, 0.3) is 10.9 Å². The van der Waals surface area contributed by atoms with Crippen molar-refractivity contribution in [3.05, 3.63) is 48.3 Å². The smallest absolute Gasteiger partial charge is 0.241 e. The predicted molar refractivity (Wildman–Crippen MR) is 100 cm³/mol. The molecule has 3 rings (SSSR count). The van der Waals surface area contributed by atoms with Gasteiger partial charge in [0.25, 0.3) is 0 Å². The molecular formula is C17H15F2N5O3S. The SMILES string of the molecule is CN(C=N)c1cccnc1NC(=O)CS(=O)(=O)c1c[nH]c2cc(F)cc(F)c12. The summed E-state index contributed by atoms with van der Waals surface area (Å²) in [6.07, 6.45) is 3.41. The third-order valence-corrected chi connectivity index (χ3v) is 5.57. The van der Waals surface area contributed by atoms with E-state index in [1.807, 2.05) is 0 Å². The van der Waals surface area contributed by atoms with E-state index in [1.165, 1.54) is 11.1 Å². The molecule has 146 valence electrons. The number of amides is 1. The van der Waals surface area contributed by atoms with Gasteiger partial charge in [0.2, 0.25) is 5.91 Å². The van der Waals surface area contributed by atoms with Crippen LogP contribution in [0.2, 0.25) is 0 Å². The van der Waals surface area contributed by atoms with E-state index >= 15 is 0 Å². The average Bonchev–Trinajstić information content (AvgIpc) is 3.06. The van der Waals surface area contributed by atoms with Crippen molar-refractivity contribution in [2.24, 2.45) is 0 Å². The molecule has 28 heavy (non-hydrogen) atoms. The molecule has 0 saturated heterocycles. The molecule has 0 radical (unpaired) electrons. The fourth-order valence-corrected chi connectivity index (χ4v) is 3.99. The van der Waals surface area contributed by atoms with Gasteiger partial charge in [-0.25, -0.2) is 22.2 Å². The van der Waals surface area contributed by atoms with E-state index in [-0.39, 0.29) is 16.7 Å². The van der Waals surface area contributed by atoms with Crippen LogP contribution < -0.4 is 10.2 Å². The van der Waals surface area contributed by atoms with Gasteiger partial charge >= 0.3 is 0 Å². The third-order valence-electron chi connectivity index (χ3n) is 3.93. The summed E-state index contributed by atoms with van der Waals surface area (Å²) < 4.78 is 52.6. The number of pyridine rings is 1. The number of benzene rings is 1. The number of carbonyl (C=O) groups is 1. The number of nitrogens with one attached hydrogen (secondary N) is 3. The summed E-state index contributed by atoms with van der Waals surface area (Å²) in [5.41, 5.74) is 0.355.